The van der Waals surface area contributed by atoms with Crippen LogP contribution in [0.1, 0.15) is 47.4 Å². The number of pyridine rings is 1. The van der Waals surface area contributed by atoms with Gasteiger partial charge in [0, 0.05) is 37.9 Å². The molecule has 8 heteroatoms. The van der Waals surface area contributed by atoms with Crippen LogP contribution in [-0.4, -0.2) is 37.0 Å². The number of aryl methyl sites for hydroxylation is 2. The van der Waals surface area contributed by atoms with E-state index in [0.29, 0.717) is 29.6 Å². The first-order chi connectivity index (χ1) is 12.9. The minimum Gasteiger partial charge on any atom is -0.352 e. The minimum absolute atomic E-state index is 0.0780. The number of hydrogen-bond donors (Lipinski definition) is 1. The zero-order chi connectivity index (χ0) is 19.1. The molecule has 3 heterocycles. The predicted octanol–water partition coefficient (Wildman–Crippen LogP) is 3.07. The first-order valence-corrected chi connectivity index (χ1v) is 9.60. The molecular weight excluding hydrogens is 364 g/mol. The Morgan fingerprint density at radius 3 is 2.89 bits per heavy atom. The fourth-order valence-corrected chi connectivity index (χ4v) is 3.57. The van der Waals surface area contributed by atoms with E-state index >= 15 is 0 Å². The van der Waals surface area contributed by atoms with Crippen LogP contribution in [0.4, 0.5) is 0 Å². The maximum absolute atomic E-state index is 13.0. The third-order valence-corrected chi connectivity index (χ3v) is 5.14. The molecule has 0 radical (unpaired) electrons. The number of hydrogen-bond acceptors (Lipinski definition) is 4. The summed E-state index contributed by atoms with van der Waals surface area (Å²) < 4.78 is 3.55. The molecule has 1 fully saturated rings. The van der Waals surface area contributed by atoms with Crippen LogP contribution < -0.4 is 5.32 Å². The van der Waals surface area contributed by atoms with E-state index in [1.165, 1.54) is 0 Å². The highest BCUT2D eigenvalue weighted by molar-refractivity contribution is 6.30. The molecule has 1 amide bonds. The Bertz CT molecular complexity index is 1000. The van der Waals surface area contributed by atoms with Gasteiger partial charge in [-0.15, -0.1) is 0 Å². The molecule has 3 aromatic rings. The van der Waals surface area contributed by atoms with E-state index < -0.39 is 0 Å². The summed E-state index contributed by atoms with van der Waals surface area (Å²) in [5, 5.41) is 13.2. The van der Waals surface area contributed by atoms with Crippen molar-refractivity contribution >= 4 is 28.5 Å². The highest BCUT2D eigenvalue weighted by Crippen LogP contribution is 2.40. The molecule has 0 saturated heterocycles. The van der Waals surface area contributed by atoms with Crippen molar-refractivity contribution < 1.29 is 4.79 Å². The van der Waals surface area contributed by atoms with Crippen LogP contribution in [0.5, 0.6) is 0 Å². The number of aromatic nitrogens is 5. The smallest absolute Gasteiger partial charge is 0.252 e. The Morgan fingerprint density at radius 1 is 1.44 bits per heavy atom. The Hall–Kier alpha value is -2.41. The second kappa shape index (κ2) is 6.96. The van der Waals surface area contributed by atoms with E-state index in [1.54, 1.807) is 21.8 Å². The second-order valence-electron chi connectivity index (χ2n) is 7.47. The van der Waals surface area contributed by atoms with E-state index in [0.717, 1.165) is 35.3 Å². The summed E-state index contributed by atoms with van der Waals surface area (Å²) in [6.45, 7) is 5.24. The van der Waals surface area contributed by atoms with Crippen LogP contribution in [-0.2, 0) is 13.6 Å². The number of nitrogens with one attached hydrogen (secondary N) is 1. The topological polar surface area (TPSA) is 77.6 Å². The number of halogens is 1. The highest BCUT2D eigenvalue weighted by atomic mass is 35.5. The van der Waals surface area contributed by atoms with Crippen molar-refractivity contribution in [2.75, 3.05) is 6.54 Å². The third kappa shape index (κ3) is 3.69. The normalized spacial score (nSPS) is 15.3. The average Bonchev–Trinajstić information content (AvgIpc) is 3.35. The van der Waals surface area contributed by atoms with Gasteiger partial charge in [-0.2, -0.15) is 10.2 Å². The van der Waals surface area contributed by atoms with Crippen molar-refractivity contribution in [2.45, 2.75) is 39.2 Å². The van der Waals surface area contributed by atoms with Gasteiger partial charge in [0.2, 0.25) is 0 Å². The summed E-state index contributed by atoms with van der Waals surface area (Å²) in [5.74, 6) is 0.616. The van der Waals surface area contributed by atoms with Crippen LogP contribution in [0.2, 0.25) is 5.02 Å². The van der Waals surface area contributed by atoms with Crippen molar-refractivity contribution in [2.24, 2.45) is 13.0 Å². The largest absolute Gasteiger partial charge is 0.352 e. The highest BCUT2D eigenvalue weighted by Gasteiger charge is 2.28. The molecule has 0 aliphatic heterocycles. The molecule has 7 nitrogen and oxygen atoms in total. The fraction of sp³-hybridized carbons (Fsp3) is 0.474. The monoisotopic (exact) mass is 386 g/mol. The van der Waals surface area contributed by atoms with Crippen LogP contribution in [0, 0.1) is 12.8 Å². The van der Waals surface area contributed by atoms with Gasteiger partial charge in [0.15, 0.2) is 5.65 Å². The Kier molecular flexibility index (Phi) is 4.63. The summed E-state index contributed by atoms with van der Waals surface area (Å²) in [6.07, 6.45) is 5.68. The summed E-state index contributed by atoms with van der Waals surface area (Å²) in [5.41, 5.74) is 3.27. The molecule has 1 atom stereocenters. The lowest BCUT2D eigenvalue weighted by Crippen LogP contribution is -2.30. The van der Waals surface area contributed by atoms with Gasteiger partial charge in [0.1, 0.15) is 0 Å². The molecular formula is C19H23ClN6O. The first kappa shape index (κ1) is 18.0. The number of amides is 1. The number of carbonyl (C=O) groups is 1. The molecule has 142 valence electrons. The van der Waals surface area contributed by atoms with E-state index in [9.17, 15) is 4.79 Å². The minimum atomic E-state index is -0.0780. The van der Waals surface area contributed by atoms with Gasteiger partial charge in [0.05, 0.1) is 27.9 Å². The van der Waals surface area contributed by atoms with Crippen molar-refractivity contribution in [3.05, 3.63) is 40.4 Å². The number of fused-ring (bicyclic) bond motifs is 1. The lowest BCUT2D eigenvalue weighted by atomic mass is 10.1. The van der Waals surface area contributed by atoms with Crippen molar-refractivity contribution in [3.63, 3.8) is 0 Å². The maximum Gasteiger partial charge on any atom is 0.252 e. The zero-order valence-corrected chi connectivity index (χ0v) is 16.5. The van der Waals surface area contributed by atoms with Gasteiger partial charge < -0.3 is 5.32 Å². The molecule has 1 aliphatic rings. The molecule has 1 aliphatic carbocycles. The lowest BCUT2D eigenvalue weighted by Gasteiger charge is -2.14. The van der Waals surface area contributed by atoms with Crippen molar-refractivity contribution in [1.82, 2.24) is 29.9 Å². The molecule has 3 aromatic heterocycles. The third-order valence-electron chi connectivity index (χ3n) is 4.94. The predicted molar refractivity (Wildman–Crippen MR) is 104 cm³/mol. The van der Waals surface area contributed by atoms with Gasteiger partial charge in [-0.25, -0.2) is 4.98 Å². The van der Waals surface area contributed by atoms with Gasteiger partial charge in [-0.1, -0.05) is 18.5 Å². The fourth-order valence-electron chi connectivity index (χ4n) is 3.42. The molecule has 1 unspecified atom stereocenters. The van der Waals surface area contributed by atoms with Crippen LogP contribution in [0.25, 0.3) is 11.0 Å². The summed E-state index contributed by atoms with van der Waals surface area (Å²) in [6, 6.07) is 1.95. The number of carbonyl (C=O) groups excluding carboxylic acids is 1. The van der Waals surface area contributed by atoms with Crippen molar-refractivity contribution in [1.29, 1.82) is 0 Å². The van der Waals surface area contributed by atoms with Gasteiger partial charge in [-0.05, 0) is 31.7 Å². The Labute approximate surface area is 162 Å². The Morgan fingerprint density at radius 2 is 2.22 bits per heavy atom. The molecule has 1 saturated carbocycles. The van der Waals surface area contributed by atoms with E-state index in [1.807, 2.05) is 20.0 Å². The Balaban J connectivity index is 1.53. The molecule has 4 rings (SSSR count). The lowest BCUT2D eigenvalue weighted by molar-refractivity contribution is 0.0948. The standard InChI is InChI=1S/C19H23ClN6O/c1-11(9-26-10-14(20)8-22-26)7-21-19(27)15-6-16(13-4-5-13)23-18-17(15)12(2)24-25(18)3/h6,8,10-11,13H,4-5,7,9H2,1-3H3,(H,21,27). The van der Waals surface area contributed by atoms with Crippen LogP contribution in [0.15, 0.2) is 18.5 Å². The average molecular weight is 387 g/mol. The quantitative estimate of drug-likeness (QED) is 0.706. The maximum atomic E-state index is 13.0. The van der Waals surface area contributed by atoms with Crippen LogP contribution >= 0.6 is 11.6 Å². The summed E-state index contributed by atoms with van der Waals surface area (Å²) >= 11 is 5.90. The first-order valence-electron chi connectivity index (χ1n) is 9.22. The van der Waals surface area contributed by atoms with Crippen molar-refractivity contribution in [3.8, 4) is 0 Å². The molecule has 0 spiro atoms. The molecule has 1 N–H and O–H groups in total. The molecule has 0 bridgehead atoms. The van der Waals surface area contributed by atoms with Gasteiger partial charge >= 0.3 is 0 Å². The second-order valence-corrected chi connectivity index (χ2v) is 7.91. The van der Waals surface area contributed by atoms with Gasteiger partial charge in [-0.3, -0.25) is 14.2 Å². The SMILES string of the molecule is Cc1nn(C)c2nc(C3CC3)cc(C(=O)NCC(C)Cn3cc(Cl)cn3)c12. The molecule has 27 heavy (non-hydrogen) atoms. The van der Waals surface area contributed by atoms with Gasteiger partial charge in [0.25, 0.3) is 5.91 Å². The zero-order valence-electron chi connectivity index (χ0n) is 15.7. The number of rotatable bonds is 6. The van der Waals surface area contributed by atoms with E-state index in [4.69, 9.17) is 16.6 Å². The summed E-state index contributed by atoms with van der Waals surface area (Å²) in [7, 11) is 1.87. The van der Waals surface area contributed by atoms with Crippen LogP contribution in [0.3, 0.4) is 0 Å². The van der Waals surface area contributed by atoms with E-state index in [2.05, 4.69) is 22.4 Å². The van der Waals surface area contributed by atoms with E-state index in [-0.39, 0.29) is 11.8 Å². The summed E-state index contributed by atoms with van der Waals surface area (Å²) in [4.78, 5) is 17.7. The number of nitrogens with zero attached hydrogens (tertiary/aromatic N) is 5. The molecule has 0 aromatic carbocycles.